The second-order valence-corrected chi connectivity index (χ2v) is 13.0. The standard InChI is InChI=1S/C37H41ClN2/c1-25-19-27(3)35(28(4)20-25)39(32-22-26(2)21-29(38)23-32)31-15-16-34-33(24-31)36(5)17-11-8-12-18-37(36,6)40(34)30-13-9-7-10-14-30/h7,9-10,13-16,19-24H,8,11-12,17-18H2,1-6H3. The van der Waals surface area contributed by atoms with Gasteiger partial charge in [-0.1, -0.05) is 73.7 Å². The summed E-state index contributed by atoms with van der Waals surface area (Å²) in [6, 6.07) is 29.2. The lowest BCUT2D eigenvalue weighted by atomic mass is 9.66. The minimum absolute atomic E-state index is 0.0129. The first-order valence-corrected chi connectivity index (χ1v) is 15.2. The monoisotopic (exact) mass is 548 g/mol. The van der Waals surface area contributed by atoms with Crippen LogP contribution in [-0.2, 0) is 5.41 Å². The topological polar surface area (TPSA) is 6.48 Å². The molecule has 40 heavy (non-hydrogen) atoms. The van der Waals surface area contributed by atoms with E-state index in [2.05, 4.69) is 124 Å². The van der Waals surface area contributed by atoms with Gasteiger partial charge in [0.25, 0.3) is 0 Å². The van der Waals surface area contributed by atoms with Crippen molar-refractivity contribution < 1.29 is 0 Å². The Hall–Kier alpha value is -3.23. The van der Waals surface area contributed by atoms with Crippen LogP contribution in [0.5, 0.6) is 0 Å². The summed E-state index contributed by atoms with van der Waals surface area (Å²) in [6.07, 6.45) is 6.23. The van der Waals surface area contributed by atoms with Crippen LogP contribution < -0.4 is 9.80 Å². The highest BCUT2D eigenvalue weighted by atomic mass is 35.5. The van der Waals surface area contributed by atoms with Crippen molar-refractivity contribution in [1.82, 2.24) is 0 Å². The number of rotatable bonds is 4. The van der Waals surface area contributed by atoms with Gasteiger partial charge in [0, 0.05) is 33.2 Å². The van der Waals surface area contributed by atoms with Crippen molar-refractivity contribution in [2.45, 2.75) is 84.6 Å². The minimum Gasteiger partial charge on any atom is -0.334 e. The van der Waals surface area contributed by atoms with E-state index in [0.29, 0.717) is 0 Å². The number of benzene rings is 4. The molecule has 1 aliphatic heterocycles. The van der Waals surface area contributed by atoms with Gasteiger partial charge in [-0.25, -0.2) is 0 Å². The van der Waals surface area contributed by atoms with Crippen LogP contribution >= 0.6 is 11.6 Å². The Balaban J connectivity index is 1.61. The summed E-state index contributed by atoms with van der Waals surface area (Å²) >= 11 is 6.67. The first-order chi connectivity index (χ1) is 19.1. The number of para-hydroxylation sites is 1. The molecule has 0 N–H and O–H groups in total. The summed E-state index contributed by atoms with van der Waals surface area (Å²) in [4.78, 5) is 5.10. The van der Waals surface area contributed by atoms with Crippen molar-refractivity contribution in [1.29, 1.82) is 0 Å². The quantitative estimate of drug-likeness (QED) is 0.250. The summed E-state index contributed by atoms with van der Waals surface area (Å²) in [5.41, 5.74) is 12.7. The Bertz CT molecular complexity index is 1530. The van der Waals surface area contributed by atoms with E-state index in [1.807, 2.05) is 6.07 Å². The van der Waals surface area contributed by atoms with Gasteiger partial charge in [0.2, 0.25) is 0 Å². The molecule has 0 saturated heterocycles. The van der Waals surface area contributed by atoms with Gasteiger partial charge < -0.3 is 9.80 Å². The van der Waals surface area contributed by atoms with Gasteiger partial charge in [-0.15, -0.1) is 0 Å². The molecule has 0 amide bonds. The zero-order valence-electron chi connectivity index (χ0n) is 24.8. The summed E-state index contributed by atoms with van der Waals surface area (Å²) in [5.74, 6) is 0. The summed E-state index contributed by atoms with van der Waals surface area (Å²) < 4.78 is 0. The molecule has 2 aliphatic rings. The Morgan fingerprint density at radius 1 is 0.700 bits per heavy atom. The number of anilines is 5. The number of fused-ring (bicyclic) bond motifs is 3. The molecule has 3 heteroatoms. The van der Waals surface area contributed by atoms with Gasteiger partial charge in [0.05, 0.1) is 11.2 Å². The molecule has 1 saturated carbocycles. The van der Waals surface area contributed by atoms with Gasteiger partial charge in [0.1, 0.15) is 0 Å². The predicted octanol–water partition coefficient (Wildman–Crippen LogP) is 11.2. The smallest absolute Gasteiger partial charge is 0.0520 e. The van der Waals surface area contributed by atoms with E-state index >= 15 is 0 Å². The molecule has 0 radical (unpaired) electrons. The van der Waals surface area contributed by atoms with Gasteiger partial charge >= 0.3 is 0 Å². The van der Waals surface area contributed by atoms with E-state index in [4.69, 9.17) is 11.6 Å². The molecule has 2 unspecified atom stereocenters. The molecule has 4 aromatic rings. The molecule has 0 spiro atoms. The molecule has 2 nitrogen and oxygen atoms in total. The molecular formula is C37H41ClN2. The average Bonchev–Trinajstić information content (AvgIpc) is 2.97. The fourth-order valence-electron chi connectivity index (χ4n) is 7.80. The van der Waals surface area contributed by atoms with E-state index in [-0.39, 0.29) is 11.0 Å². The van der Waals surface area contributed by atoms with Crippen LogP contribution in [0.25, 0.3) is 0 Å². The van der Waals surface area contributed by atoms with E-state index in [9.17, 15) is 0 Å². The molecule has 0 bridgehead atoms. The molecular weight excluding hydrogens is 508 g/mol. The van der Waals surface area contributed by atoms with E-state index in [0.717, 1.165) is 16.3 Å². The highest BCUT2D eigenvalue weighted by molar-refractivity contribution is 6.31. The number of nitrogens with zero attached hydrogens (tertiary/aromatic N) is 2. The van der Waals surface area contributed by atoms with Crippen molar-refractivity contribution in [2.75, 3.05) is 9.80 Å². The minimum atomic E-state index is 0.0129. The van der Waals surface area contributed by atoms with Crippen molar-refractivity contribution in [3.8, 4) is 0 Å². The number of aryl methyl sites for hydroxylation is 4. The summed E-state index contributed by atoms with van der Waals surface area (Å²) in [6.45, 7) is 13.8. The van der Waals surface area contributed by atoms with Crippen LogP contribution in [0, 0.1) is 27.7 Å². The van der Waals surface area contributed by atoms with E-state index in [1.54, 1.807) is 0 Å². The lowest BCUT2D eigenvalue weighted by Gasteiger charge is -2.46. The van der Waals surface area contributed by atoms with Gasteiger partial charge in [-0.3, -0.25) is 0 Å². The first kappa shape index (κ1) is 27.0. The fraction of sp³-hybridized carbons (Fsp3) is 0.351. The normalized spacial score (nSPS) is 22.0. The zero-order chi connectivity index (χ0) is 28.2. The molecule has 206 valence electrons. The Kier molecular flexibility index (Phi) is 6.74. The third-order valence-electron chi connectivity index (χ3n) is 9.75. The molecule has 1 aliphatic carbocycles. The number of hydrogen-bond donors (Lipinski definition) is 0. The third kappa shape index (κ3) is 4.23. The highest BCUT2D eigenvalue weighted by Gasteiger charge is 2.56. The van der Waals surface area contributed by atoms with Gasteiger partial charge in [-0.2, -0.15) is 0 Å². The molecule has 1 heterocycles. The molecule has 1 fully saturated rings. The maximum atomic E-state index is 6.67. The molecule has 6 rings (SSSR count). The Morgan fingerprint density at radius 3 is 2.08 bits per heavy atom. The van der Waals surface area contributed by atoms with E-state index < -0.39 is 0 Å². The van der Waals surface area contributed by atoms with Crippen LogP contribution in [0.1, 0.15) is 73.8 Å². The average molecular weight is 549 g/mol. The predicted molar refractivity (Wildman–Crippen MR) is 173 cm³/mol. The first-order valence-electron chi connectivity index (χ1n) is 14.8. The SMILES string of the molecule is Cc1cc(Cl)cc(N(c2ccc3c(c2)C2(C)CCCCCC2(C)N3c2ccccc2)c2c(C)cc(C)cc2C)c1. The molecule has 0 aromatic heterocycles. The Morgan fingerprint density at radius 2 is 1.38 bits per heavy atom. The van der Waals surface area contributed by atoms with Crippen LogP contribution in [-0.4, -0.2) is 5.54 Å². The van der Waals surface area contributed by atoms with Gasteiger partial charge in [0.15, 0.2) is 0 Å². The van der Waals surface area contributed by atoms with Gasteiger partial charge in [-0.05, 0) is 118 Å². The second kappa shape index (κ2) is 10.00. The van der Waals surface area contributed by atoms with Crippen molar-refractivity contribution in [2.24, 2.45) is 0 Å². The van der Waals surface area contributed by atoms with Crippen LogP contribution in [0.15, 0.2) is 78.9 Å². The summed E-state index contributed by atoms with van der Waals surface area (Å²) in [5, 5.41) is 0.766. The summed E-state index contributed by atoms with van der Waals surface area (Å²) in [7, 11) is 0. The van der Waals surface area contributed by atoms with Crippen LogP contribution in [0.4, 0.5) is 28.4 Å². The van der Waals surface area contributed by atoms with Crippen LogP contribution in [0.2, 0.25) is 5.02 Å². The van der Waals surface area contributed by atoms with E-state index in [1.165, 1.54) is 77.1 Å². The van der Waals surface area contributed by atoms with Crippen molar-refractivity contribution in [3.63, 3.8) is 0 Å². The van der Waals surface area contributed by atoms with Crippen molar-refractivity contribution in [3.05, 3.63) is 112 Å². The lowest BCUT2D eigenvalue weighted by Crippen LogP contribution is -2.52. The largest absolute Gasteiger partial charge is 0.334 e. The van der Waals surface area contributed by atoms with Crippen molar-refractivity contribution >= 4 is 40.0 Å². The highest BCUT2D eigenvalue weighted by Crippen LogP contribution is 2.60. The number of halogens is 1. The fourth-order valence-corrected chi connectivity index (χ4v) is 8.08. The number of hydrogen-bond acceptors (Lipinski definition) is 2. The second-order valence-electron chi connectivity index (χ2n) is 12.6. The van der Waals surface area contributed by atoms with Crippen LogP contribution in [0.3, 0.4) is 0 Å². The third-order valence-corrected chi connectivity index (χ3v) is 9.97. The lowest BCUT2D eigenvalue weighted by molar-refractivity contribution is 0.261. The maximum absolute atomic E-state index is 6.67. The zero-order valence-corrected chi connectivity index (χ0v) is 25.6. The maximum Gasteiger partial charge on any atom is 0.0520 e. The molecule has 2 atom stereocenters. The molecule has 4 aromatic carbocycles. The Labute approximate surface area is 245 Å².